The molecule has 3 rings (SSSR count). The summed E-state index contributed by atoms with van der Waals surface area (Å²) in [4.78, 5) is 29.2. The topological polar surface area (TPSA) is 66.6 Å². The average molecular weight is 329 g/mol. The molecule has 0 bridgehead atoms. The molecule has 2 heterocycles. The van der Waals surface area contributed by atoms with Crippen LogP contribution in [-0.4, -0.2) is 42.4 Å². The van der Waals surface area contributed by atoms with Crippen LogP contribution in [-0.2, 0) is 16.0 Å². The number of carbonyl (C=O) groups is 2. The molecule has 130 valence electrons. The summed E-state index contributed by atoms with van der Waals surface area (Å²) in [6.45, 7) is 3.86. The van der Waals surface area contributed by atoms with Crippen molar-refractivity contribution in [3.8, 4) is 0 Å². The largest absolute Gasteiger partial charge is 0.338 e. The molecule has 24 heavy (non-hydrogen) atoms. The van der Waals surface area contributed by atoms with E-state index in [9.17, 15) is 9.59 Å². The molecule has 5 nitrogen and oxygen atoms in total. The fraction of sp³-hybridized carbons (Fsp3) is 0.579. The van der Waals surface area contributed by atoms with Gasteiger partial charge in [-0.2, -0.15) is 0 Å². The second-order valence-corrected chi connectivity index (χ2v) is 6.80. The lowest BCUT2D eigenvalue weighted by atomic mass is 9.98. The lowest BCUT2D eigenvalue weighted by molar-refractivity contribution is -0.139. The Kier molecular flexibility index (Phi) is 5.19. The van der Waals surface area contributed by atoms with Gasteiger partial charge in [-0.25, -0.2) is 0 Å². The van der Waals surface area contributed by atoms with E-state index >= 15 is 0 Å². The number of piperidine rings is 1. The SMILES string of the molecule is CCc1ccccc1N1CC(C(=O)N2CCCCC2CN)CC1=O. The monoisotopic (exact) mass is 329 g/mol. The summed E-state index contributed by atoms with van der Waals surface area (Å²) in [6, 6.07) is 8.11. The van der Waals surface area contributed by atoms with Gasteiger partial charge in [0.15, 0.2) is 0 Å². The fourth-order valence-corrected chi connectivity index (χ4v) is 3.95. The van der Waals surface area contributed by atoms with Crippen molar-refractivity contribution in [3.05, 3.63) is 29.8 Å². The van der Waals surface area contributed by atoms with Gasteiger partial charge < -0.3 is 15.5 Å². The van der Waals surface area contributed by atoms with Crippen molar-refractivity contribution in [3.63, 3.8) is 0 Å². The van der Waals surface area contributed by atoms with Crippen molar-refractivity contribution in [2.75, 3.05) is 24.5 Å². The smallest absolute Gasteiger partial charge is 0.228 e. The Morgan fingerprint density at radius 2 is 2.08 bits per heavy atom. The molecule has 2 fully saturated rings. The molecule has 1 aromatic rings. The van der Waals surface area contributed by atoms with Crippen molar-refractivity contribution >= 4 is 17.5 Å². The Balaban J connectivity index is 1.75. The normalized spacial score (nSPS) is 24.5. The van der Waals surface area contributed by atoms with E-state index in [4.69, 9.17) is 5.73 Å². The van der Waals surface area contributed by atoms with Crippen LogP contribution in [0.4, 0.5) is 5.69 Å². The van der Waals surface area contributed by atoms with E-state index < -0.39 is 0 Å². The van der Waals surface area contributed by atoms with Crippen LogP contribution in [0.2, 0.25) is 0 Å². The predicted octanol–water partition coefficient (Wildman–Crippen LogP) is 1.94. The molecular formula is C19H27N3O2. The number of aryl methyl sites for hydroxylation is 1. The number of hydrogen-bond donors (Lipinski definition) is 1. The molecule has 2 aliphatic rings. The van der Waals surface area contributed by atoms with Crippen LogP contribution < -0.4 is 10.6 Å². The van der Waals surface area contributed by atoms with Crippen LogP contribution in [0.1, 0.15) is 38.2 Å². The molecule has 2 unspecified atom stereocenters. The Hall–Kier alpha value is -1.88. The Morgan fingerprint density at radius 1 is 1.29 bits per heavy atom. The highest BCUT2D eigenvalue weighted by Crippen LogP contribution is 2.30. The number of carbonyl (C=O) groups excluding carboxylic acids is 2. The van der Waals surface area contributed by atoms with Crippen molar-refractivity contribution in [1.82, 2.24) is 4.90 Å². The van der Waals surface area contributed by atoms with Gasteiger partial charge in [0.25, 0.3) is 0 Å². The van der Waals surface area contributed by atoms with Crippen LogP contribution in [0.5, 0.6) is 0 Å². The van der Waals surface area contributed by atoms with Crippen LogP contribution in [0.25, 0.3) is 0 Å². The minimum Gasteiger partial charge on any atom is -0.338 e. The third kappa shape index (κ3) is 3.18. The number of anilines is 1. The molecule has 2 saturated heterocycles. The second-order valence-electron chi connectivity index (χ2n) is 6.80. The molecule has 5 heteroatoms. The van der Waals surface area contributed by atoms with E-state index in [0.717, 1.165) is 43.5 Å². The summed E-state index contributed by atoms with van der Waals surface area (Å²) in [5, 5.41) is 0. The standard InChI is InChI=1S/C19H27N3O2/c1-2-14-7-3-4-9-17(14)22-13-15(11-18(22)23)19(24)21-10-6-5-8-16(21)12-20/h3-4,7,9,15-16H,2,5-6,8,10-13,20H2,1H3. The van der Waals surface area contributed by atoms with E-state index in [2.05, 4.69) is 6.92 Å². The maximum absolute atomic E-state index is 12.9. The van der Waals surface area contributed by atoms with Gasteiger partial charge >= 0.3 is 0 Å². The molecule has 0 saturated carbocycles. The van der Waals surface area contributed by atoms with Gasteiger partial charge in [0.1, 0.15) is 0 Å². The van der Waals surface area contributed by atoms with Crippen LogP contribution in [0.3, 0.4) is 0 Å². The molecule has 0 radical (unpaired) electrons. The summed E-state index contributed by atoms with van der Waals surface area (Å²) in [7, 11) is 0. The summed E-state index contributed by atoms with van der Waals surface area (Å²) in [5.41, 5.74) is 7.95. The summed E-state index contributed by atoms with van der Waals surface area (Å²) < 4.78 is 0. The van der Waals surface area contributed by atoms with E-state index in [1.165, 1.54) is 0 Å². The minimum atomic E-state index is -0.241. The molecule has 0 aromatic heterocycles. The molecule has 2 N–H and O–H groups in total. The Labute approximate surface area is 143 Å². The molecule has 2 amide bonds. The van der Waals surface area contributed by atoms with Crippen molar-refractivity contribution < 1.29 is 9.59 Å². The number of benzene rings is 1. The first kappa shape index (κ1) is 17.0. The third-order valence-corrected chi connectivity index (χ3v) is 5.32. The summed E-state index contributed by atoms with van der Waals surface area (Å²) in [6.07, 6.45) is 4.33. The van der Waals surface area contributed by atoms with Gasteiger partial charge in [-0.3, -0.25) is 9.59 Å². The molecule has 2 aliphatic heterocycles. The first-order valence-corrected chi connectivity index (χ1v) is 9.04. The summed E-state index contributed by atoms with van der Waals surface area (Å²) >= 11 is 0. The number of nitrogens with two attached hydrogens (primary N) is 1. The first-order chi connectivity index (χ1) is 11.7. The lowest BCUT2D eigenvalue weighted by Crippen LogP contribution is -2.50. The average Bonchev–Trinajstić information content (AvgIpc) is 3.02. The molecular weight excluding hydrogens is 302 g/mol. The second kappa shape index (κ2) is 7.34. The number of rotatable bonds is 4. The van der Waals surface area contributed by atoms with Gasteiger partial charge in [0.05, 0.1) is 5.92 Å². The molecule has 0 spiro atoms. The Bertz CT molecular complexity index is 616. The highest BCUT2D eigenvalue weighted by atomic mass is 16.2. The van der Waals surface area contributed by atoms with E-state index in [-0.39, 0.29) is 23.8 Å². The number of amides is 2. The van der Waals surface area contributed by atoms with E-state index in [0.29, 0.717) is 19.5 Å². The maximum Gasteiger partial charge on any atom is 0.228 e. The zero-order valence-electron chi connectivity index (χ0n) is 14.4. The van der Waals surface area contributed by atoms with E-state index in [1.54, 1.807) is 4.90 Å². The number of para-hydroxylation sites is 1. The zero-order valence-corrected chi connectivity index (χ0v) is 14.4. The first-order valence-electron chi connectivity index (χ1n) is 9.04. The highest BCUT2D eigenvalue weighted by Gasteiger charge is 2.39. The molecule has 0 aliphatic carbocycles. The zero-order chi connectivity index (χ0) is 17.1. The van der Waals surface area contributed by atoms with Gasteiger partial charge in [-0.15, -0.1) is 0 Å². The quantitative estimate of drug-likeness (QED) is 0.918. The summed E-state index contributed by atoms with van der Waals surface area (Å²) in [5.74, 6) is -0.0832. The van der Waals surface area contributed by atoms with Crippen LogP contribution >= 0.6 is 0 Å². The maximum atomic E-state index is 12.9. The predicted molar refractivity (Wildman–Crippen MR) is 94.7 cm³/mol. The van der Waals surface area contributed by atoms with Crippen molar-refractivity contribution in [2.45, 2.75) is 45.1 Å². The van der Waals surface area contributed by atoms with Crippen molar-refractivity contribution in [2.24, 2.45) is 11.7 Å². The number of nitrogens with zero attached hydrogens (tertiary/aromatic N) is 2. The van der Waals surface area contributed by atoms with Gasteiger partial charge in [0, 0.05) is 37.8 Å². The van der Waals surface area contributed by atoms with Gasteiger partial charge in [-0.1, -0.05) is 25.1 Å². The van der Waals surface area contributed by atoms with Crippen molar-refractivity contribution in [1.29, 1.82) is 0 Å². The highest BCUT2D eigenvalue weighted by molar-refractivity contribution is 6.00. The molecule has 2 atom stereocenters. The lowest BCUT2D eigenvalue weighted by Gasteiger charge is -2.36. The number of likely N-dealkylation sites (tertiary alicyclic amines) is 1. The van der Waals surface area contributed by atoms with E-state index in [1.807, 2.05) is 29.2 Å². The number of hydrogen-bond acceptors (Lipinski definition) is 3. The Morgan fingerprint density at radius 3 is 2.83 bits per heavy atom. The fourth-order valence-electron chi connectivity index (χ4n) is 3.95. The molecule has 1 aromatic carbocycles. The van der Waals surface area contributed by atoms with Crippen LogP contribution in [0.15, 0.2) is 24.3 Å². The van der Waals surface area contributed by atoms with Gasteiger partial charge in [-0.05, 0) is 37.3 Å². The minimum absolute atomic E-state index is 0.0514. The third-order valence-electron chi connectivity index (χ3n) is 5.32. The van der Waals surface area contributed by atoms with Gasteiger partial charge in [0.2, 0.25) is 11.8 Å². The van der Waals surface area contributed by atoms with Crippen LogP contribution in [0, 0.1) is 5.92 Å².